The molecule has 0 spiro atoms. The predicted molar refractivity (Wildman–Crippen MR) is 157 cm³/mol. The molecular weight excluding hydrogens is 557 g/mol. The molecule has 0 heterocycles. The maximum absolute atomic E-state index is 13.9. The Morgan fingerprint density at radius 1 is 0.897 bits per heavy atom. The molecule has 0 aliphatic rings. The SMILES string of the molecule is CCCNC(=O)[C@@H](C)N(Cc1c(Cl)cccc1Cl)C(=O)CN(c1ccc(CC)cc1)S(=O)(=O)c1ccccc1. The van der Waals surface area contributed by atoms with Crippen molar-refractivity contribution in [3.05, 3.63) is 94.0 Å². The number of nitrogens with zero attached hydrogens (tertiary/aromatic N) is 2. The van der Waals surface area contributed by atoms with Crippen LogP contribution in [-0.2, 0) is 32.6 Å². The van der Waals surface area contributed by atoms with E-state index in [-0.39, 0.29) is 17.3 Å². The van der Waals surface area contributed by atoms with Gasteiger partial charge in [-0.05, 0) is 61.7 Å². The summed E-state index contributed by atoms with van der Waals surface area (Å²) in [5.74, 6) is -0.942. The zero-order chi connectivity index (χ0) is 28.6. The van der Waals surface area contributed by atoms with E-state index < -0.39 is 28.5 Å². The smallest absolute Gasteiger partial charge is 0.264 e. The van der Waals surface area contributed by atoms with Gasteiger partial charge in [0.2, 0.25) is 11.8 Å². The third kappa shape index (κ3) is 7.53. The lowest BCUT2D eigenvalue weighted by Crippen LogP contribution is -2.51. The van der Waals surface area contributed by atoms with Gasteiger partial charge in [-0.1, -0.05) is 73.4 Å². The Bertz CT molecular complexity index is 1360. The van der Waals surface area contributed by atoms with Crippen molar-refractivity contribution in [2.45, 2.75) is 51.1 Å². The largest absolute Gasteiger partial charge is 0.354 e. The molecule has 39 heavy (non-hydrogen) atoms. The van der Waals surface area contributed by atoms with Crippen LogP contribution in [0, 0.1) is 0 Å². The lowest BCUT2D eigenvalue weighted by molar-refractivity contribution is -0.139. The molecule has 1 N–H and O–H groups in total. The van der Waals surface area contributed by atoms with Gasteiger partial charge >= 0.3 is 0 Å². The van der Waals surface area contributed by atoms with E-state index in [1.807, 2.05) is 26.0 Å². The number of carbonyl (C=O) groups excluding carboxylic acids is 2. The van der Waals surface area contributed by atoms with Crippen molar-refractivity contribution >= 4 is 50.7 Å². The van der Waals surface area contributed by atoms with E-state index in [9.17, 15) is 18.0 Å². The third-order valence-corrected chi connectivity index (χ3v) is 8.85. The van der Waals surface area contributed by atoms with Gasteiger partial charge in [-0.15, -0.1) is 0 Å². The topological polar surface area (TPSA) is 86.8 Å². The van der Waals surface area contributed by atoms with Crippen molar-refractivity contribution in [2.24, 2.45) is 0 Å². The second-order valence-corrected chi connectivity index (χ2v) is 11.7. The minimum atomic E-state index is -4.12. The van der Waals surface area contributed by atoms with Crippen LogP contribution in [0.4, 0.5) is 5.69 Å². The van der Waals surface area contributed by atoms with Crippen molar-refractivity contribution < 1.29 is 18.0 Å². The van der Waals surface area contributed by atoms with E-state index in [4.69, 9.17) is 23.2 Å². The van der Waals surface area contributed by atoms with Gasteiger partial charge in [0.05, 0.1) is 10.6 Å². The number of anilines is 1. The summed E-state index contributed by atoms with van der Waals surface area (Å²) >= 11 is 12.8. The Morgan fingerprint density at radius 2 is 1.51 bits per heavy atom. The van der Waals surface area contributed by atoms with Crippen molar-refractivity contribution in [1.29, 1.82) is 0 Å². The first-order valence-electron chi connectivity index (χ1n) is 12.8. The Morgan fingerprint density at radius 3 is 2.08 bits per heavy atom. The zero-order valence-electron chi connectivity index (χ0n) is 22.2. The number of aryl methyl sites for hydroxylation is 1. The highest BCUT2D eigenvalue weighted by molar-refractivity contribution is 7.92. The molecular formula is C29H33Cl2N3O4S. The molecule has 10 heteroatoms. The molecule has 2 amide bonds. The van der Waals surface area contributed by atoms with Gasteiger partial charge in [-0.3, -0.25) is 13.9 Å². The molecule has 0 unspecified atom stereocenters. The molecule has 0 bridgehead atoms. The number of rotatable bonds is 12. The standard InChI is InChI=1S/C29H33Cl2N3O4S/c1-4-18-32-29(36)21(3)33(19-25-26(30)12-9-13-27(25)31)28(35)20-34(23-16-14-22(5-2)15-17-23)39(37,38)24-10-7-6-8-11-24/h6-17,21H,4-5,18-20H2,1-3H3,(H,32,36)/t21-/m1/s1. The fourth-order valence-electron chi connectivity index (χ4n) is 3.98. The highest BCUT2D eigenvalue weighted by Gasteiger charge is 2.33. The first-order chi connectivity index (χ1) is 18.6. The van der Waals surface area contributed by atoms with E-state index in [1.54, 1.807) is 55.5 Å². The summed E-state index contributed by atoms with van der Waals surface area (Å²) in [6.07, 6.45) is 1.50. The Hall–Kier alpha value is -3.07. The summed E-state index contributed by atoms with van der Waals surface area (Å²) in [5, 5.41) is 3.48. The molecule has 1 atom stereocenters. The number of carbonyl (C=O) groups is 2. The average molecular weight is 591 g/mol. The molecule has 7 nitrogen and oxygen atoms in total. The number of hydrogen-bond acceptors (Lipinski definition) is 4. The van der Waals surface area contributed by atoms with Crippen molar-refractivity contribution in [3.63, 3.8) is 0 Å². The second-order valence-electron chi connectivity index (χ2n) is 9.03. The van der Waals surface area contributed by atoms with Crippen LogP contribution in [0.2, 0.25) is 10.0 Å². The van der Waals surface area contributed by atoms with E-state index >= 15 is 0 Å². The summed E-state index contributed by atoms with van der Waals surface area (Å²) in [5.41, 5.74) is 1.83. The lowest BCUT2D eigenvalue weighted by Gasteiger charge is -2.32. The summed E-state index contributed by atoms with van der Waals surface area (Å²) < 4.78 is 28.7. The summed E-state index contributed by atoms with van der Waals surface area (Å²) in [4.78, 5) is 28.2. The fourth-order valence-corrected chi connectivity index (χ4v) is 5.93. The highest BCUT2D eigenvalue weighted by Crippen LogP contribution is 2.28. The second kappa shape index (κ2) is 13.8. The first kappa shape index (κ1) is 30.5. The van der Waals surface area contributed by atoms with Gasteiger partial charge in [-0.25, -0.2) is 8.42 Å². The van der Waals surface area contributed by atoms with Crippen molar-refractivity contribution in [3.8, 4) is 0 Å². The lowest BCUT2D eigenvalue weighted by atomic mass is 10.1. The molecule has 208 valence electrons. The molecule has 0 aliphatic heterocycles. The first-order valence-corrected chi connectivity index (χ1v) is 15.0. The van der Waals surface area contributed by atoms with Gasteiger partial charge in [0.15, 0.2) is 0 Å². The molecule has 0 radical (unpaired) electrons. The number of hydrogen-bond donors (Lipinski definition) is 1. The zero-order valence-corrected chi connectivity index (χ0v) is 24.6. The van der Waals surface area contributed by atoms with Crippen LogP contribution >= 0.6 is 23.2 Å². The average Bonchev–Trinajstić information content (AvgIpc) is 2.94. The van der Waals surface area contributed by atoms with Crippen LogP contribution in [0.3, 0.4) is 0 Å². The van der Waals surface area contributed by atoms with E-state index in [1.165, 1.54) is 17.0 Å². The monoisotopic (exact) mass is 589 g/mol. The van der Waals surface area contributed by atoms with E-state index in [2.05, 4.69) is 5.32 Å². The summed E-state index contributed by atoms with van der Waals surface area (Å²) in [6, 6.07) is 19.0. The number of sulfonamides is 1. The van der Waals surface area contributed by atoms with Crippen molar-refractivity contribution in [2.75, 3.05) is 17.4 Å². The van der Waals surface area contributed by atoms with Crippen LogP contribution in [0.25, 0.3) is 0 Å². The summed E-state index contributed by atoms with van der Waals surface area (Å²) in [7, 11) is -4.12. The number of nitrogens with one attached hydrogen (secondary N) is 1. The highest BCUT2D eigenvalue weighted by atomic mass is 35.5. The minimum Gasteiger partial charge on any atom is -0.354 e. The molecule has 0 saturated heterocycles. The normalized spacial score (nSPS) is 12.0. The van der Waals surface area contributed by atoms with E-state index in [0.29, 0.717) is 27.8 Å². The number of amides is 2. The number of halogens is 2. The molecule has 0 fully saturated rings. The third-order valence-electron chi connectivity index (χ3n) is 6.35. The maximum Gasteiger partial charge on any atom is 0.264 e. The molecule has 0 aliphatic carbocycles. The predicted octanol–water partition coefficient (Wildman–Crippen LogP) is 5.69. The van der Waals surface area contributed by atoms with Crippen LogP contribution < -0.4 is 9.62 Å². The van der Waals surface area contributed by atoms with Gasteiger partial charge in [0.1, 0.15) is 12.6 Å². The van der Waals surface area contributed by atoms with E-state index in [0.717, 1.165) is 22.7 Å². The summed E-state index contributed by atoms with van der Waals surface area (Å²) in [6.45, 7) is 5.35. The maximum atomic E-state index is 13.9. The van der Waals surface area contributed by atoms with Crippen LogP contribution in [0.15, 0.2) is 77.7 Å². The van der Waals surface area contributed by atoms with Gasteiger partial charge in [0, 0.05) is 28.7 Å². The molecule has 3 aromatic carbocycles. The van der Waals surface area contributed by atoms with Crippen molar-refractivity contribution in [1.82, 2.24) is 10.2 Å². The molecule has 3 aromatic rings. The Kier molecular flexibility index (Phi) is 10.8. The number of benzene rings is 3. The Labute approximate surface area is 240 Å². The molecule has 3 rings (SSSR count). The van der Waals surface area contributed by atoms with Gasteiger partial charge in [0.25, 0.3) is 10.0 Å². The van der Waals surface area contributed by atoms with Gasteiger partial charge in [-0.2, -0.15) is 0 Å². The minimum absolute atomic E-state index is 0.0480. The van der Waals surface area contributed by atoms with Crippen LogP contribution in [0.1, 0.15) is 38.3 Å². The fraction of sp³-hybridized carbons (Fsp3) is 0.310. The molecule has 0 aromatic heterocycles. The van der Waals surface area contributed by atoms with Gasteiger partial charge < -0.3 is 10.2 Å². The quantitative estimate of drug-likeness (QED) is 0.294. The van der Waals surface area contributed by atoms with Crippen LogP contribution in [0.5, 0.6) is 0 Å². The van der Waals surface area contributed by atoms with Crippen LogP contribution in [-0.4, -0.2) is 44.3 Å². The Balaban J connectivity index is 2.05. The molecule has 0 saturated carbocycles.